The van der Waals surface area contributed by atoms with Gasteiger partial charge in [-0.1, -0.05) is 0 Å². The average molecular weight is 343 g/mol. The molecule has 1 N–H and O–H groups in total. The minimum Gasteiger partial charge on any atom is -0.444 e. The van der Waals surface area contributed by atoms with Crippen LogP contribution in [0.4, 0.5) is 4.79 Å². The quantitative estimate of drug-likeness (QED) is 0.864. The van der Waals surface area contributed by atoms with Gasteiger partial charge in [0.05, 0.1) is 5.60 Å². The van der Waals surface area contributed by atoms with E-state index in [2.05, 4.69) is 4.98 Å². The van der Waals surface area contributed by atoms with Crippen LogP contribution in [-0.2, 0) is 10.3 Å². The van der Waals surface area contributed by atoms with Gasteiger partial charge in [0.2, 0.25) is 0 Å². The molecule has 2 aromatic rings. The lowest BCUT2D eigenvalue weighted by Crippen LogP contribution is -2.53. The van der Waals surface area contributed by atoms with Crippen molar-refractivity contribution in [2.24, 2.45) is 0 Å². The number of carbonyl (C=O) groups is 1. The van der Waals surface area contributed by atoms with E-state index in [1.54, 1.807) is 6.20 Å². The normalized spacial score (nSPS) is 29.2. The maximum Gasteiger partial charge on any atom is 0.410 e. The van der Waals surface area contributed by atoms with Crippen molar-refractivity contribution in [1.82, 2.24) is 14.3 Å². The van der Waals surface area contributed by atoms with Crippen LogP contribution in [0, 0.1) is 0 Å². The number of hydrogen-bond donors (Lipinski definition) is 1. The van der Waals surface area contributed by atoms with E-state index < -0.39 is 11.2 Å². The highest BCUT2D eigenvalue weighted by atomic mass is 16.6. The van der Waals surface area contributed by atoms with Gasteiger partial charge < -0.3 is 19.1 Å². The van der Waals surface area contributed by atoms with E-state index in [0.29, 0.717) is 12.8 Å². The second-order valence-corrected chi connectivity index (χ2v) is 8.32. The number of carbonyl (C=O) groups excluding carboxylic acids is 1. The molecule has 6 heteroatoms. The van der Waals surface area contributed by atoms with Gasteiger partial charge in [-0.05, 0) is 51.3 Å². The maximum atomic E-state index is 12.6. The van der Waals surface area contributed by atoms with Crippen molar-refractivity contribution in [3.63, 3.8) is 0 Å². The van der Waals surface area contributed by atoms with Gasteiger partial charge in [-0.3, -0.25) is 0 Å². The predicted octanol–water partition coefficient (Wildman–Crippen LogP) is 3.08. The van der Waals surface area contributed by atoms with Crippen molar-refractivity contribution >= 4 is 11.7 Å². The highest BCUT2D eigenvalue weighted by Crippen LogP contribution is 2.46. The molecule has 2 aromatic heterocycles. The number of fused-ring (bicyclic) bond motifs is 3. The zero-order valence-electron chi connectivity index (χ0n) is 15.0. The summed E-state index contributed by atoms with van der Waals surface area (Å²) in [6.45, 7) is 5.65. The Balaban J connectivity index is 1.58. The first-order chi connectivity index (χ1) is 11.8. The third kappa shape index (κ3) is 2.88. The Hall–Kier alpha value is -2.08. The van der Waals surface area contributed by atoms with Gasteiger partial charge in [0.1, 0.15) is 11.2 Å². The molecule has 2 aliphatic heterocycles. The van der Waals surface area contributed by atoms with Gasteiger partial charge in [0.15, 0.2) is 0 Å². The van der Waals surface area contributed by atoms with Crippen LogP contribution in [0.1, 0.15) is 52.0 Å². The average Bonchev–Trinajstić information content (AvgIpc) is 3.08. The number of ether oxygens (including phenoxy) is 1. The molecule has 0 saturated carbocycles. The van der Waals surface area contributed by atoms with Gasteiger partial charge in [0, 0.05) is 43.5 Å². The third-order valence-corrected chi connectivity index (χ3v) is 5.31. The number of imidazole rings is 1. The van der Waals surface area contributed by atoms with E-state index in [9.17, 15) is 9.90 Å². The molecule has 2 saturated heterocycles. The summed E-state index contributed by atoms with van der Waals surface area (Å²) in [7, 11) is 0. The Morgan fingerprint density at radius 2 is 1.96 bits per heavy atom. The summed E-state index contributed by atoms with van der Waals surface area (Å²) in [5.41, 5.74) is 0.286. The molecule has 2 unspecified atom stereocenters. The number of piperidine rings is 1. The molecule has 25 heavy (non-hydrogen) atoms. The molecule has 4 heterocycles. The van der Waals surface area contributed by atoms with E-state index >= 15 is 0 Å². The van der Waals surface area contributed by atoms with E-state index in [1.807, 2.05) is 54.6 Å². The molecule has 6 nitrogen and oxygen atoms in total. The lowest BCUT2D eigenvalue weighted by Gasteiger charge is -2.44. The van der Waals surface area contributed by atoms with Crippen LogP contribution in [0.3, 0.4) is 0 Å². The SMILES string of the molecule is CC(C)(C)OC(=O)N1C2CCC1CC(O)(c1ccn3ccnc3c1)C2. The summed E-state index contributed by atoms with van der Waals surface area (Å²) in [5, 5.41) is 11.3. The summed E-state index contributed by atoms with van der Waals surface area (Å²) < 4.78 is 7.50. The van der Waals surface area contributed by atoms with E-state index in [0.717, 1.165) is 24.1 Å². The Morgan fingerprint density at radius 3 is 2.60 bits per heavy atom. The summed E-state index contributed by atoms with van der Waals surface area (Å²) >= 11 is 0. The van der Waals surface area contributed by atoms with E-state index in [-0.39, 0.29) is 18.2 Å². The van der Waals surface area contributed by atoms with Crippen LogP contribution in [0.15, 0.2) is 30.7 Å². The van der Waals surface area contributed by atoms with Crippen LogP contribution in [0.5, 0.6) is 0 Å². The fraction of sp³-hybridized carbons (Fsp3) is 0.579. The lowest BCUT2D eigenvalue weighted by atomic mass is 9.81. The standard InChI is InChI=1S/C19H25N3O3/c1-18(2,3)25-17(23)22-14-4-5-15(22)12-19(24,11-14)13-6-8-21-9-7-20-16(21)10-13/h6-10,14-15,24H,4-5,11-12H2,1-3H3. The van der Waals surface area contributed by atoms with Gasteiger partial charge in [-0.15, -0.1) is 0 Å². The number of hydrogen-bond acceptors (Lipinski definition) is 4. The first-order valence-electron chi connectivity index (χ1n) is 8.92. The molecule has 0 aromatic carbocycles. The fourth-order valence-electron chi connectivity index (χ4n) is 4.27. The molecule has 0 spiro atoms. The van der Waals surface area contributed by atoms with Crippen molar-refractivity contribution in [3.8, 4) is 0 Å². The number of amides is 1. The largest absolute Gasteiger partial charge is 0.444 e. The second kappa shape index (κ2) is 5.46. The summed E-state index contributed by atoms with van der Waals surface area (Å²) in [5.74, 6) is 0. The molecule has 4 rings (SSSR count). The molecule has 0 radical (unpaired) electrons. The zero-order valence-corrected chi connectivity index (χ0v) is 15.0. The van der Waals surface area contributed by atoms with Crippen molar-refractivity contribution in [2.45, 2.75) is 69.7 Å². The fourth-order valence-corrected chi connectivity index (χ4v) is 4.27. The minimum absolute atomic E-state index is 0.0228. The Bertz CT molecular complexity index is 794. The third-order valence-electron chi connectivity index (χ3n) is 5.31. The van der Waals surface area contributed by atoms with Gasteiger partial charge in [-0.2, -0.15) is 0 Å². The Labute approximate surface area is 147 Å². The van der Waals surface area contributed by atoms with Crippen molar-refractivity contribution in [3.05, 3.63) is 36.3 Å². The van der Waals surface area contributed by atoms with Crippen molar-refractivity contribution in [2.75, 3.05) is 0 Å². The first kappa shape index (κ1) is 16.4. The van der Waals surface area contributed by atoms with Gasteiger partial charge in [-0.25, -0.2) is 9.78 Å². The number of nitrogens with zero attached hydrogens (tertiary/aromatic N) is 3. The molecule has 1 amide bonds. The molecule has 2 atom stereocenters. The molecule has 0 aliphatic carbocycles. The minimum atomic E-state index is -0.919. The topological polar surface area (TPSA) is 67.1 Å². The van der Waals surface area contributed by atoms with Gasteiger partial charge in [0.25, 0.3) is 0 Å². The van der Waals surface area contributed by atoms with Crippen LogP contribution < -0.4 is 0 Å². The van der Waals surface area contributed by atoms with Crippen molar-refractivity contribution in [1.29, 1.82) is 0 Å². The maximum absolute atomic E-state index is 12.6. The smallest absolute Gasteiger partial charge is 0.410 e. The van der Waals surface area contributed by atoms with E-state index in [1.165, 1.54) is 0 Å². The van der Waals surface area contributed by atoms with Crippen LogP contribution in [0.2, 0.25) is 0 Å². The van der Waals surface area contributed by atoms with Gasteiger partial charge >= 0.3 is 6.09 Å². The Morgan fingerprint density at radius 1 is 1.28 bits per heavy atom. The first-order valence-corrected chi connectivity index (χ1v) is 8.92. The number of pyridine rings is 1. The van der Waals surface area contributed by atoms with Crippen LogP contribution >= 0.6 is 0 Å². The second-order valence-electron chi connectivity index (χ2n) is 8.32. The summed E-state index contributed by atoms with van der Waals surface area (Å²) in [4.78, 5) is 18.7. The number of aromatic nitrogens is 2. The number of rotatable bonds is 1. The summed E-state index contributed by atoms with van der Waals surface area (Å²) in [6, 6.07) is 3.95. The number of aliphatic hydroxyl groups is 1. The molecule has 2 aliphatic rings. The van der Waals surface area contributed by atoms with Crippen molar-refractivity contribution < 1.29 is 14.6 Å². The molecular formula is C19H25N3O3. The Kier molecular flexibility index (Phi) is 3.58. The molecule has 134 valence electrons. The molecule has 2 bridgehead atoms. The van der Waals surface area contributed by atoms with Crippen LogP contribution in [-0.4, -0.2) is 43.2 Å². The molecule has 2 fully saturated rings. The van der Waals surface area contributed by atoms with Crippen LogP contribution in [0.25, 0.3) is 5.65 Å². The highest BCUT2D eigenvalue weighted by molar-refractivity contribution is 5.70. The predicted molar refractivity (Wildman–Crippen MR) is 93.2 cm³/mol. The lowest BCUT2D eigenvalue weighted by molar-refractivity contribution is -0.0624. The highest BCUT2D eigenvalue weighted by Gasteiger charge is 2.51. The molecular weight excluding hydrogens is 318 g/mol. The summed E-state index contributed by atoms with van der Waals surface area (Å²) in [6.07, 6.45) is 8.22. The monoisotopic (exact) mass is 343 g/mol. The van der Waals surface area contributed by atoms with E-state index in [4.69, 9.17) is 4.74 Å². The zero-order chi connectivity index (χ0) is 17.8.